The van der Waals surface area contributed by atoms with E-state index in [9.17, 15) is 8.78 Å². The Morgan fingerprint density at radius 3 is 2.70 bits per heavy atom. The van der Waals surface area contributed by atoms with Crippen LogP contribution < -0.4 is 0 Å². The first-order valence-corrected chi connectivity index (χ1v) is 7.86. The van der Waals surface area contributed by atoms with Gasteiger partial charge in [-0.25, -0.2) is 8.78 Å². The van der Waals surface area contributed by atoms with Crippen LogP contribution in [0.3, 0.4) is 0 Å². The van der Waals surface area contributed by atoms with Gasteiger partial charge in [0, 0.05) is 6.42 Å². The van der Waals surface area contributed by atoms with Gasteiger partial charge in [-0.1, -0.05) is 44.5 Å². The summed E-state index contributed by atoms with van der Waals surface area (Å²) in [4.78, 5) is 0. The van der Waals surface area contributed by atoms with Gasteiger partial charge < -0.3 is 0 Å². The summed E-state index contributed by atoms with van der Waals surface area (Å²) in [6.45, 7) is 9.15. The second-order valence-corrected chi connectivity index (χ2v) is 6.75. The van der Waals surface area contributed by atoms with Gasteiger partial charge in [0.15, 0.2) is 5.83 Å². The molecule has 0 aromatic heterocycles. The van der Waals surface area contributed by atoms with Crippen molar-refractivity contribution in [2.24, 2.45) is 17.8 Å². The quantitative estimate of drug-likeness (QED) is 0.448. The third-order valence-electron chi connectivity index (χ3n) is 5.18. The molecule has 4 atom stereocenters. The zero-order valence-corrected chi connectivity index (χ0v) is 12.6. The maximum Gasteiger partial charge on any atom is 0.154 e. The van der Waals surface area contributed by atoms with E-state index in [-0.39, 0.29) is 12.3 Å². The molecule has 0 N–H and O–H groups in total. The van der Waals surface area contributed by atoms with Crippen molar-refractivity contribution in [1.29, 1.82) is 0 Å². The normalized spacial score (nSPS) is 34.2. The molecule has 0 spiro atoms. The predicted octanol–water partition coefficient (Wildman–Crippen LogP) is 5.83. The van der Waals surface area contributed by atoms with Gasteiger partial charge in [-0.15, -0.1) is 6.58 Å². The Hall–Kier alpha value is -0.855. The molecule has 3 unspecified atom stereocenters. The Bertz CT molecular complexity index is 411. The molecule has 0 bridgehead atoms. The van der Waals surface area contributed by atoms with Crippen LogP contribution in [-0.4, -0.2) is 6.71 Å². The van der Waals surface area contributed by atoms with Gasteiger partial charge in [0.1, 0.15) is 12.5 Å². The van der Waals surface area contributed by atoms with Crippen molar-refractivity contribution in [2.45, 2.75) is 51.6 Å². The van der Waals surface area contributed by atoms with Crippen LogP contribution in [0.4, 0.5) is 8.78 Å². The van der Waals surface area contributed by atoms with Gasteiger partial charge in [-0.3, -0.25) is 0 Å². The van der Waals surface area contributed by atoms with Gasteiger partial charge in [0.2, 0.25) is 0 Å². The van der Waals surface area contributed by atoms with Crippen LogP contribution in [0.1, 0.15) is 32.1 Å². The monoisotopic (exact) mass is 278 g/mol. The molecule has 1 saturated carbocycles. The van der Waals surface area contributed by atoms with E-state index in [4.69, 9.17) is 0 Å². The first kappa shape index (κ1) is 15.5. The van der Waals surface area contributed by atoms with Gasteiger partial charge in [0.25, 0.3) is 0 Å². The first-order valence-electron chi connectivity index (χ1n) is 7.86. The molecule has 2 aliphatic carbocycles. The highest BCUT2D eigenvalue weighted by atomic mass is 19.2. The number of halogens is 2. The van der Waals surface area contributed by atoms with Gasteiger partial charge in [-0.05, 0) is 36.7 Å². The minimum atomic E-state index is -0.681. The van der Waals surface area contributed by atoms with Gasteiger partial charge >= 0.3 is 0 Å². The van der Waals surface area contributed by atoms with Crippen LogP contribution in [0.2, 0.25) is 19.5 Å². The first-order chi connectivity index (χ1) is 9.52. The zero-order chi connectivity index (χ0) is 14.7. The molecule has 1 fully saturated rings. The second-order valence-electron chi connectivity index (χ2n) is 6.75. The molecule has 0 saturated heterocycles. The van der Waals surface area contributed by atoms with Crippen molar-refractivity contribution >= 4 is 6.71 Å². The third kappa shape index (κ3) is 3.42. The Balaban J connectivity index is 2.02. The largest absolute Gasteiger partial charge is 0.209 e. The van der Waals surface area contributed by atoms with E-state index in [1.807, 2.05) is 12.2 Å². The number of hydrogen-bond donors (Lipinski definition) is 0. The highest BCUT2D eigenvalue weighted by Gasteiger charge is 2.36. The number of hydrogen-bond acceptors (Lipinski definition) is 0. The fraction of sp³-hybridized carbons (Fsp3) is 0.647. The summed E-state index contributed by atoms with van der Waals surface area (Å²) in [5.74, 6) is 0.816. The maximum atomic E-state index is 13.5. The van der Waals surface area contributed by atoms with E-state index in [0.717, 1.165) is 25.1 Å². The Labute approximate surface area is 122 Å². The van der Waals surface area contributed by atoms with Crippen molar-refractivity contribution in [2.75, 3.05) is 0 Å². The van der Waals surface area contributed by atoms with Crippen LogP contribution in [0.25, 0.3) is 0 Å². The summed E-state index contributed by atoms with van der Waals surface area (Å²) in [6.07, 6.45) is 9.98. The van der Waals surface area contributed by atoms with E-state index in [0.29, 0.717) is 18.5 Å². The molecule has 0 aromatic carbocycles. The number of allylic oxidation sites excluding steroid dienone is 5. The molecule has 0 aliphatic heterocycles. The fourth-order valence-corrected chi connectivity index (χ4v) is 4.07. The summed E-state index contributed by atoms with van der Waals surface area (Å²) in [6, 6.07) is 0. The van der Waals surface area contributed by atoms with Crippen LogP contribution in [0.15, 0.2) is 36.5 Å². The van der Waals surface area contributed by atoms with Gasteiger partial charge in [-0.2, -0.15) is 0 Å². The van der Waals surface area contributed by atoms with Crippen LogP contribution in [-0.2, 0) is 0 Å². The van der Waals surface area contributed by atoms with E-state index >= 15 is 0 Å². The summed E-state index contributed by atoms with van der Waals surface area (Å²) < 4.78 is 26.6. The van der Waals surface area contributed by atoms with Crippen molar-refractivity contribution in [3.8, 4) is 0 Å². The lowest BCUT2D eigenvalue weighted by Gasteiger charge is -2.40. The van der Waals surface area contributed by atoms with Crippen molar-refractivity contribution < 1.29 is 8.78 Å². The molecule has 110 valence electrons. The third-order valence-corrected chi connectivity index (χ3v) is 5.18. The average Bonchev–Trinajstić information content (AvgIpc) is 2.42. The molecule has 0 radical (unpaired) electrons. The van der Waals surface area contributed by atoms with Crippen molar-refractivity contribution in [3.63, 3.8) is 0 Å². The molecular weight excluding hydrogens is 253 g/mol. The van der Waals surface area contributed by atoms with E-state index in [2.05, 4.69) is 20.2 Å². The molecule has 2 aliphatic rings. The van der Waals surface area contributed by atoms with Crippen molar-refractivity contribution in [1.82, 2.24) is 0 Å². The molecule has 0 aromatic rings. The molecule has 2 rings (SSSR count). The lowest BCUT2D eigenvalue weighted by molar-refractivity contribution is 0.211. The number of rotatable bonds is 4. The molecule has 0 nitrogen and oxygen atoms in total. The Kier molecular flexibility index (Phi) is 5.23. The maximum absolute atomic E-state index is 13.5. The minimum absolute atomic E-state index is 0.176. The molecule has 0 heterocycles. The molecule has 3 heteroatoms. The highest BCUT2D eigenvalue weighted by Crippen LogP contribution is 2.46. The molecule has 0 amide bonds. The predicted molar refractivity (Wildman–Crippen MR) is 83.4 cm³/mol. The highest BCUT2D eigenvalue weighted by molar-refractivity contribution is 6.57. The average molecular weight is 278 g/mol. The summed E-state index contributed by atoms with van der Waals surface area (Å²) in [5, 5.41) is 0. The summed E-state index contributed by atoms with van der Waals surface area (Å²) >= 11 is 0. The smallest absolute Gasteiger partial charge is 0.154 e. The minimum Gasteiger partial charge on any atom is -0.209 e. The topological polar surface area (TPSA) is 0 Å². The van der Waals surface area contributed by atoms with Crippen molar-refractivity contribution in [3.05, 3.63) is 36.5 Å². The molecule has 20 heavy (non-hydrogen) atoms. The van der Waals surface area contributed by atoms with Crippen LogP contribution in [0, 0.1) is 17.8 Å². The van der Waals surface area contributed by atoms with E-state index in [1.165, 1.54) is 12.5 Å². The summed E-state index contributed by atoms with van der Waals surface area (Å²) in [7, 11) is 0. The Morgan fingerprint density at radius 2 is 2.10 bits per heavy atom. The molecular formula is C17H25BF2. The lowest BCUT2D eigenvalue weighted by Crippen LogP contribution is -2.31. The van der Waals surface area contributed by atoms with Crippen LogP contribution >= 0.6 is 0 Å². The second kappa shape index (κ2) is 6.73. The van der Waals surface area contributed by atoms with E-state index < -0.39 is 11.7 Å². The standard InChI is InChI=1S/C17H25BF2/c1-4-5-14-10-12(6-8-15(14)18(2)3)13-7-9-16(19)17(20)11-13/h4,7,9,12-15H,1,5-6,8,10-11H2,2-3H3/t12-,13?,14?,15?/m0/s1. The van der Waals surface area contributed by atoms with Crippen LogP contribution in [0.5, 0.6) is 0 Å². The Morgan fingerprint density at radius 1 is 1.35 bits per heavy atom. The zero-order valence-electron chi connectivity index (χ0n) is 12.6. The van der Waals surface area contributed by atoms with E-state index in [1.54, 1.807) is 0 Å². The SMILES string of the molecule is C=CCC1C[C@@H](C2C=CC(F)=C(F)C2)CCC1B(C)C. The lowest BCUT2D eigenvalue weighted by atomic mass is 9.38. The summed E-state index contributed by atoms with van der Waals surface area (Å²) in [5.41, 5.74) is 0. The fourth-order valence-electron chi connectivity index (χ4n) is 4.07. The van der Waals surface area contributed by atoms with Gasteiger partial charge in [0.05, 0.1) is 0 Å².